The molecule has 0 saturated carbocycles. The molecule has 0 bridgehead atoms. The topological polar surface area (TPSA) is 77.0 Å². The molecule has 0 heterocycles. The first kappa shape index (κ1) is 11.0. The van der Waals surface area contributed by atoms with Crippen molar-refractivity contribution in [2.24, 2.45) is 0 Å². The number of hydrogen-bond donors (Lipinski definition) is 1. The van der Waals surface area contributed by atoms with Crippen molar-refractivity contribution < 1.29 is 9.84 Å². The molecule has 1 N–H and O–H groups in total. The highest BCUT2D eigenvalue weighted by Gasteiger charge is 2.31. The fourth-order valence-electron chi connectivity index (χ4n) is 1.30. The second-order valence-corrected chi connectivity index (χ2v) is 3.01. The lowest BCUT2D eigenvalue weighted by molar-refractivity contribution is 0.0999. The van der Waals surface area contributed by atoms with Gasteiger partial charge in [0, 0.05) is 5.56 Å². The lowest BCUT2D eigenvalue weighted by Gasteiger charge is -2.19. The molecule has 0 spiro atoms. The van der Waals surface area contributed by atoms with Crippen LogP contribution in [0, 0.1) is 22.7 Å². The number of hydrogen-bond acceptors (Lipinski definition) is 4. The molecule has 76 valence electrons. The summed E-state index contributed by atoms with van der Waals surface area (Å²) in [6.07, 6.45) is -0.288. The molecule has 4 heteroatoms. The van der Waals surface area contributed by atoms with E-state index in [0.29, 0.717) is 11.3 Å². The second-order valence-electron chi connectivity index (χ2n) is 3.01. The maximum absolute atomic E-state index is 9.94. The first-order valence-electron chi connectivity index (χ1n) is 4.32. The van der Waals surface area contributed by atoms with Gasteiger partial charge in [0.05, 0.1) is 19.6 Å². The van der Waals surface area contributed by atoms with E-state index in [0.717, 1.165) is 0 Å². The largest absolute Gasteiger partial charge is 0.496 e. The normalized spacial score (nSPS) is 13.3. The number of nitrogens with zero attached hydrogens (tertiary/aromatic N) is 2. The van der Waals surface area contributed by atoms with Crippen molar-refractivity contribution in [3.05, 3.63) is 29.8 Å². The zero-order valence-electron chi connectivity index (χ0n) is 8.27. The highest BCUT2D eigenvalue weighted by Crippen LogP contribution is 2.31. The summed E-state index contributed by atoms with van der Waals surface area (Å²) in [4.78, 5) is 0. The first-order valence-corrected chi connectivity index (χ1v) is 4.32. The van der Waals surface area contributed by atoms with Gasteiger partial charge in [0.1, 0.15) is 11.8 Å². The molecule has 1 unspecified atom stereocenters. The number of aliphatic hydroxyl groups is 1. The van der Waals surface area contributed by atoms with Crippen LogP contribution in [-0.2, 0) is 5.60 Å². The van der Waals surface area contributed by atoms with Crippen molar-refractivity contribution in [2.75, 3.05) is 7.11 Å². The van der Waals surface area contributed by atoms with Gasteiger partial charge < -0.3 is 9.84 Å². The van der Waals surface area contributed by atoms with Crippen LogP contribution in [0.3, 0.4) is 0 Å². The van der Waals surface area contributed by atoms with E-state index >= 15 is 0 Å². The van der Waals surface area contributed by atoms with E-state index in [1.54, 1.807) is 36.4 Å². The van der Waals surface area contributed by atoms with Gasteiger partial charge in [0.2, 0.25) is 0 Å². The number of nitriles is 2. The predicted molar refractivity (Wildman–Crippen MR) is 52.7 cm³/mol. The Bertz CT molecular complexity index is 431. The zero-order chi connectivity index (χ0) is 11.3. The van der Waals surface area contributed by atoms with E-state index in [1.165, 1.54) is 7.11 Å². The van der Waals surface area contributed by atoms with Gasteiger partial charge in [-0.05, 0) is 6.07 Å². The number of para-hydroxylation sites is 1. The molecule has 1 atom stereocenters. The molecule has 0 radical (unpaired) electrons. The summed E-state index contributed by atoms with van der Waals surface area (Å²) in [5, 5.41) is 27.4. The van der Waals surface area contributed by atoms with Crippen LogP contribution < -0.4 is 4.74 Å². The van der Waals surface area contributed by atoms with Gasteiger partial charge in [-0.25, -0.2) is 0 Å². The summed E-state index contributed by atoms with van der Waals surface area (Å²) < 4.78 is 5.02. The average Bonchev–Trinajstić information content (AvgIpc) is 2.29. The summed E-state index contributed by atoms with van der Waals surface area (Å²) in [7, 11) is 1.45. The number of benzene rings is 1. The predicted octanol–water partition coefficient (Wildman–Crippen LogP) is 1.32. The van der Waals surface area contributed by atoms with E-state index in [4.69, 9.17) is 15.3 Å². The highest BCUT2D eigenvalue weighted by atomic mass is 16.5. The molecule has 1 rings (SSSR count). The van der Waals surface area contributed by atoms with Gasteiger partial charge in [-0.15, -0.1) is 0 Å². The molecule has 0 saturated heterocycles. The van der Waals surface area contributed by atoms with Crippen LogP contribution in [-0.4, -0.2) is 12.2 Å². The first-order chi connectivity index (χ1) is 7.18. The van der Waals surface area contributed by atoms with Crippen LogP contribution >= 0.6 is 0 Å². The molecule has 4 nitrogen and oxygen atoms in total. The quantitative estimate of drug-likeness (QED) is 0.750. The molecule has 15 heavy (non-hydrogen) atoms. The van der Waals surface area contributed by atoms with Crippen LogP contribution in [0.5, 0.6) is 5.75 Å². The third-order valence-electron chi connectivity index (χ3n) is 2.07. The van der Waals surface area contributed by atoms with E-state index in [2.05, 4.69) is 0 Å². The van der Waals surface area contributed by atoms with Crippen molar-refractivity contribution >= 4 is 0 Å². The Kier molecular flexibility index (Phi) is 3.28. The van der Waals surface area contributed by atoms with Crippen LogP contribution in [0.15, 0.2) is 24.3 Å². The van der Waals surface area contributed by atoms with Gasteiger partial charge in [-0.1, -0.05) is 18.2 Å². The van der Waals surface area contributed by atoms with Gasteiger partial charge in [-0.2, -0.15) is 10.5 Å². The van der Waals surface area contributed by atoms with Gasteiger partial charge in [0.15, 0.2) is 5.60 Å². The van der Waals surface area contributed by atoms with Gasteiger partial charge in [0.25, 0.3) is 0 Å². The van der Waals surface area contributed by atoms with Crippen LogP contribution in [0.4, 0.5) is 0 Å². The lowest BCUT2D eigenvalue weighted by Crippen LogP contribution is -2.23. The van der Waals surface area contributed by atoms with Crippen molar-refractivity contribution in [2.45, 2.75) is 12.0 Å². The Labute approximate surface area is 87.9 Å². The van der Waals surface area contributed by atoms with Crippen LogP contribution in [0.25, 0.3) is 0 Å². The smallest absolute Gasteiger partial charge is 0.193 e. The van der Waals surface area contributed by atoms with Gasteiger partial charge >= 0.3 is 0 Å². The van der Waals surface area contributed by atoms with E-state index in [9.17, 15) is 5.11 Å². The minimum Gasteiger partial charge on any atom is -0.496 e. The Balaban J connectivity index is 3.25. The molecular weight excluding hydrogens is 192 g/mol. The Morgan fingerprint density at radius 1 is 1.40 bits per heavy atom. The molecule has 1 aromatic carbocycles. The minimum atomic E-state index is -1.80. The average molecular weight is 202 g/mol. The van der Waals surface area contributed by atoms with Crippen LogP contribution in [0.1, 0.15) is 12.0 Å². The monoisotopic (exact) mass is 202 g/mol. The fraction of sp³-hybridized carbons (Fsp3) is 0.273. The molecule has 0 aliphatic heterocycles. The lowest BCUT2D eigenvalue weighted by atomic mass is 9.92. The zero-order valence-corrected chi connectivity index (χ0v) is 8.27. The Morgan fingerprint density at radius 3 is 2.60 bits per heavy atom. The summed E-state index contributed by atoms with van der Waals surface area (Å²) in [5.74, 6) is 0.400. The summed E-state index contributed by atoms with van der Waals surface area (Å²) in [6.45, 7) is 0. The van der Waals surface area contributed by atoms with Crippen molar-refractivity contribution in [3.63, 3.8) is 0 Å². The molecular formula is C11H10N2O2. The highest BCUT2D eigenvalue weighted by molar-refractivity contribution is 5.42. The second kappa shape index (κ2) is 4.45. The number of ether oxygens (including phenoxy) is 1. The molecule has 0 amide bonds. The Morgan fingerprint density at radius 2 is 2.07 bits per heavy atom. The SMILES string of the molecule is COc1ccccc1C(O)(C#N)CC#N. The molecule has 0 aliphatic rings. The summed E-state index contributed by atoms with van der Waals surface area (Å²) >= 11 is 0. The van der Waals surface area contributed by atoms with E-state index < -0.39 is 5.60 Å². The maximum atomic E-state index is 9.94. The standard InChI is InChI=1S/C11H10N2O2/c1-15-10-5-3-2-4-9(10)11(14,8-13)6-7-12/h2-5,14H,6H2,1H3. The molecule has 1 aromatic rings. The van der Waals surface area contributed by atoms with E-state index in [1.807, 2.05) is 0 Å². The molecule has 0 aliphatic carbocycles. The maximum Gasteiger partial charge on any atom is 0.193 e. The van der Waals surface area contributed by atoms with Crippen molar-refractivity contribution in [3.8, 4) is 17.9 Å². The van der Waals surface area contributed by atoms with Crippen molar-refractivity contribution in [1.29, 1.82) is 10.5 Å². The summed E-state index contributed by atoms with van der Waals surface area (Å²) in [6, 6.07) is 10.1. The van der Waals surface area contributed by atoms with Crippen LogP contribution in [0.2, 0.25) is 0 Å². The summed E-state index contributed by atoms with van der Waals surface area (Å²) in [5.41, 5.74) is -1.49. The third-order valence-corrected chi connectivity index (χ3v) is 2.07. The molecule has 0 aromatic heterocycles. The van der Waals surface area contributed by atoms with Gasteiger partial charge in [-0.3, -0.25) is 0 Å². The minimum absolute atomic E-state index is 0.288. The third kappa shape index (κ3) is 2.07. The Hall–Kier alpha value is -2.04. The van der Waals surface area contributed by atoms with E-state index in [-0.39, 0.29) is 6.42 Å². The van der Waals surface area contributed by atoms with Crippen molar-refractivity contribution in [1.82, 2.24) is 0 Å². The molecule has 0 fully saturated rings. The fourth-order valence-corrected chi connectivity index (χ4v) is 1.30. The number of rotatable bonds is 3. The number of methoxy groups -OCH3 is 1.